The first kappa shape index (κ1) is 26.2. The van der Waals surface area contributed by atoms with E-state index in [0.29, 0.717) is 37.9 Å². The van der Waals surface area contributed by atoms with E-state index in [-0.39, 0.29) is 11.6 Å². The van der Waals surface area contributed by atoms with Crippen molar-refractivity contribution in [1.82, 2.24) is 4.98 Å². The van der Waals surface area contributed by atoms with E-state index in [2.05, 4.69) is 10.3 Å². The van der Waals surface area contributed by atoms with Crippen molar-refractivity contribution >= 4 is 27.0 Å². The first-order valence-electron chi connectivity index (χ1n) is 11.4. The van der Waals surface area contributed by atoms with Gasteiger partial charge in [-0.15, -0.1) is 0 Å². The van der Waals surface area contributed by atoms with Crippen LogP contribution in [0, 0.1) is 0 Å². The minimum absolute atomic E-state index is 0.157. The zero-order valence-corrected chi connectivity index (χ0v) is 21.3. The average molecular weight is 499 g/mol. The Kier molecular flexibility index (Phi) is 8.81. The van der Waals surface area contributed by atoms with Gasteiger partial charge in [0.05, 0.1) is 31.3 Å². The molecule has 35 heavy (non-hydrogen) atoms. The number of anilines is 3. The van der Waals surface area contributed by atoms with Crippen molar-refractivity contribution in [2.24, 2.45) is 0 Å². The zero-order valence-electron chi connectivity index (χ0n) is 20.5. The van der Waals surface area contributed by atoms with Crippen LogP contribution in [0.3, 0.4) is 0 Å². The predicted octanol–water partition coefficient (Wildman–Crippen LogP) is 3.68. The maximum atomic E-state index is 11.4. The van der Waals surface area contributed by atoms with Crippen LogP contribution in [0.5, 0.6) is 11.5 Å². The number of unbranched alkanes of at least 4 members (excludes halogenated alkanes) is 1. The molecule has 0 aliphatic rings. The highest BCUT2D eigenvalue weighted by molar-refractivity contribution is 7.90. The molecule has 3 rings (SSSR count). The average Bonchev–Trinajstić information content (AvgIpc) is 2.83. The number of hydrogen-bond acceptors (Lipinski definition) is 8. The molecule has 0 unspecified atom stereocenters. The Labute approximate surface area is 207 Å². The predicted molar refractivity (Wildman–Crippen MR) is 142 cm³/mol. The standard InChI is InChI=1S/C26H34N4O4S/c1-33-20-10-6-18(7-11-20)16-22-23(17-19-8-12-21(34-2)13-9-19)30-26(28)24(27)25(22)29-14-4-5-15-35(3,31)32/h6-13H,4-5,14-17,27H2,1-3H3,(H3,28,29,30). The minimum Gasteiger partial charge on any atom is -0.497 e. The number of methoxy groups -OCH3 is 2. The Hall–Kier alpha value is -3.46. The van der Waals surface area contributed by atoms with Gasteiger partial charge in [-0.2, -0.15) is 0 Å². The number of pyridine rings is 1. The van der Waals surface area contributed by atoms with Crippen LogP contribution in [0.2, 0.25) is 0 Å². The fraction of sp³-hybridized carbons (Fsp3) is 0.346. The summed E-state index contributed by atoms with van der Waals surface area (Å²) in [5.74, 6) is 2.00. The topological polar surface area (TPSA) is 130 Å². The van der Waals surface area contributed by atoms with Gasteiger partial charge in [0.15, 0.2) is 0 Å². The molecule has 0 bridgehead atoms. The molecule has 0 amide bonds. The molecule has 0 atom stereocenters. The lowest BCUT2D eigenvalue weighted by Crippen LogP contribution is -2.15. The highest BCUT2D eigenvalue weighted by atomic mass is 32.2. The maximum absolute atomic E-state index is 11.4. The minimum atomic E-state index is -2.99. The van der Waals surface area contributed by atoms with Crippen LogP contribution < -0.4 is 26.3 Å². The summed E-state index contributed by atoms with van der Waals surface area (Å²) in [6, 6.07) is 15.7. The summed E-state index contributed by atoms with van der Waals surface area (Å²) in [5.41, 5.74) is 17.7. The molecular weight excluding hydrogens is 464 g/mol. The Morgan fingerprint density at radius 3 is 1.91 bits per heavy atom. The largest absolute Gasteiger partial charge is 0.497 e. The van der Waals surface area contributed by atoms with E-state index in [9.17, 15) is 8.42 Å². The molecule has 3 aromatic rings. The third-order valence-electron chi connectivity index (χ3n) is 5.77. The third-order valence-corrected chi connectivity index (χ3v) is 6.80. The van der Waals surface area contributed by atoms with Gasteiger partial charge in [0.1, 0.15) is 27.2 Å². The van der Waals surface area contributed by atoms with Crippen molar-refractivity contribution in [2.75, 3.05) is 49.6 Å². The fourth-order valence-corrected chi connectivity index (χ4v) is 4.56. The highest BCUT2D eigenvalue weighted by Crippen LogP contribution is 2.33. The van der Waals surface area contributed by atoms with Gasteiger partial charge in [-0.3, -0.25) is 0 Å². The molecule has 188 valence electrons. The quantitative estimate of drug-likeness (QED) is 0.323. The smallest absolute Gasteiger partial charge is 0.149 e. The first-order chi connectivity index (χ1) is 16.7. The summed E-state index contributed by atoms with van der Waals surface area (Å²) < 4.78 is 33.4. The van der Waals surface area contributed by atoms with E-state index < -0.39 is 9.84 Å². The summed E-state index contributed by atoms with van der Waals surface area (Å²) >= 11 is 0. The molecule has 1 heterocycles. The fourth-order valence-electron chi connectivity index (χ4n) is 3.83. The number of nitrogen functional groups attached to an aromatic ring is 2. The van der Waals surface area contributed by atoms with Crippen LogP contribution in [0.4, 0.5) is 17.2 Å². The third kappa shape index (κ3) is 7.51. The van der Waals surface area contributed by atoms with Gasteiger partial charge in [0, 0.05) is 37.0 Å². The van der Waals surface area contributed by atoms with Gasteiger partial charge >= 0.3 is 0 Å². The van der Waals surface area contributed by atoms with E-state index >= 15 is 0 Å². The van der Waals surface area contributed by atoms with Crippen molar-refractivity contribution in [3.63, 3.8) is 0 Å². The molecule has 5 N–H and O–H groups in total. The zero-order chi connectivity index (χ0) is 25.4. The molecule has 2 aromatic carbocycles. The van der Waals surface area contributed by atoms with E-state index in [1.165, 1.54) is 6.26 Å². The molecule has 8 nitrogen and oxygen atoms in total. The lowest BCUT2D eigenvalue weighted by molar-refractivity contribution is 0.414. The lowest BCUT2D eigenvalue weighted by atomic mass is 9.96. The Morgan fingerprint density at radius 1 is 0.857 bits per heavy atom. The number of benzene rings is 2. The second-order valence-corrected chi connectivity index (χ2v) is 10.8. The van der Waals surface area contributed by atoms with Gasteiger partial charge in [-0.1, -0.05) is 24.3 Å². The van der Waals surface area contributed by atoms with Crippen molar-refractivity contribution in [3.05, 3.63) is 70.9 Å². The molecular formula is C26H34N4O4S. The van der Waals surface area contributed by atoms with Crippen molar-refractivity contribution in [1.29, 1.82) is 0 Å². The Balaban J connectivity index is 1.93. The number of aromatic nitrogens is 1. The van der Waals surface area contributed by atoms with E-state index in [4.69, 9.17) is 20.9 Å². The van der Waals surface area contributed by atoms with Gasteiger partial charge in [0.2, 0.25) is 0 Å². The van der Waals surface area contributed by atoms with Crippen molar-refractivity contribution in [2.45, 2.75) is 25.7 Å². The summed E-state index contributed by atoms with van der Waals surface area (Å²) in [5, 5.41) is 3.41. The molecule has 0 fully saturated rings. The summed E-state index contributed by atoms with van der Waals surface area (Å²) in [6.07, 6.45) is 3.67. The number of nitrogens with zero attached hydrogens (tertiary/aromatic N) is 1. The van der Waals surface area contributed by atoms with Gasteiger partial charge in [0.25, 0.3) is 0 Å². The summed E-state index contributed by atoms with van der Waals surface area (Å²) in [4.78, 5) is 4.66. The maximum Gasteiger partial charge on any atom is 0.149 e. The van der Waals surface area contributed by atoms with Crippen molar-refractivity contribution in [3.8, 4) is 11.5 Å². The molecule has 0 aliphatic heterocycles. The number of hydrogen-bond donors (Lipinski definition) is 3. The second kappa shape index (κ2) is 11.8. The lowest BCUT2D eigenvalue weighted by Gasteiger charge is -2.20. The summed E-state index contributed by atoms with van der Waals surface area (Å²) in [7, 11) is 0.287. The Bertz CT molecular complexity index is 1230. The van der Waals surface area contributed by atoms with Crippen LogP contribution in [0.25, 0.3) is 0 Å². The normalized spacial score (nSPS) is 11.3. The van der Waals surface area contributed by atoms with E-state index in [1.54, 1.807) is 14.2 Å². The van der Waals surface area contributed by atoms with Crippen LogP contribution in [0.1, 0.15) is 35.2 Å². The molecule has 0 saturated carbocycles. The second-order valence-electron chi connectivity index (χ2n) is 8.52. The first-order valence-corrected chi connectivity index (χ1v) is 13.5. The highest BCUT2D eigenvalue weighted by Gasteiger charge is 2.18. The van der Waals surface area contributed by atoms with Gasteiger partial charge < -0.3 is 26.3 Å². The number of nitrogens with two attached hydrogens (primary N) is 2. The Morgan fingerprint density at radius 2 is 1.40 bits per heavy atom. The molecule has 9 heteroatoms. The van der Waals surface area contributed by atoms with Crippen LogP contribution in [-0.4, -0.2) is 46.2 Å². The number of nitrogens with one attached hydrogen (secondary N) is 1. The number of ether oxygens (including phenoxy) is 2. The molecule has 0 spiro atoms. The molecule has 0 saturated heterocycles. The van der Waals surface area contributed by atoms with E-state index in [0.717, 1.165) is 39.6 Å². The molecule has 0 aliphatic carbocycles. The number of rotatable bonds is 12. The van der Waals surface area contributed by atoms with Crippen LogP contribution >= 0.6 is 0 Å². The molecule has 1 aromatic heterocycles. The van der Waals surface area contributed by atoms with Crippen LogP contribution in [-0.2, 0) is 22.7 Å². The van der Waals surface area contributed by atoms with Crippen LogP contribution in [0.15, 0.2) is 48.5 Å². The number of sulfone groups is 1. The van der Waals surface area contributed by atoms with Gasteiger partial charge in [-0.05, 0) is 48.2 Å². The SMILES string of the molecule is COc1ccc(Cc2nc(N)c(N)c(NCCCCS(C)(=O)=O)c2Cc2ccc(OC)cc2)cc1. The summed E-state index contributed by atoms with van der Waals surface area (Å²) in [6.45, 7) is 0.570. The van der Waals surface area contributed by atoms with Crippen molar-refractivity contribution < 1.29 is 17.9 Å². The monoisotopic (exact) mass is 498 g/mol. The van der Waals surface area contributed by atoms with Gasteiger partial charge in [-0.25, -0.2) is 13.4 Å². The molecule has 0 radical (unpaired) electrons. The van der Waals surface area contributed by atoms with E-state index in [1.807, 2.05) is 48.5 Å².